The highest BCUT2D eigenvalue weighted by Crippen LogP contribution is 2.30. The Labute approximate surface area is 160 Å². The van der Waals surface area contributed by atoms with Gasteiger partial charge >= 0.3 is 16.3 Å². The first-order valence-corrected chi connectivity index (χ1v) is 10.2. The fourth-order valence-corrected chi connectivity index (χ4v) is 4.13. The molecule has 27 heavy (non-hydrogen) atoms. The van der Waals surface area contributed by atoms with Crippen LogP contribution in [0.25, 0.3) is 0 Å². The van der Waals surface area contributed by atoms with Gasteiger partial charge in [0.1, 0.15) is 10.5 Å². The van der Waals surface area contributed by atoms with E-state index in [4.69, 9.17) is 10.5 Å². The van der Waals surface area contributed by atoms with E-state index in [-0.39, 0.29) is 22.2 Å². The SMILES string of the molecule is Cc1c(N)cc(CN2CCN(C(=O)OC(C)(C)C)CC2)c(C)c1S(=O)(=O)F. The molecule has 0 aromatic heterocycles. The maximum Gasteiger partial charge on any atom is 0.410 e. The van der Waals surface area contributed by atoms with Gasteiger partial charge in [0.2, 0.25) is 0 Å². The molecule has 1 amide bonds. The lowest BCUT2D eigenvalue weighted by molar-refractivity contribution is 0.0139. The molecule has 0 spiro atoms. The first kappa shape index (κ1) is 21.4. The number of hydrogen-bond acceptors (Lipinski definition) is 6. The maximum absolute atomic E-state index is 13.7. The number of anilines is 1. The van der Waals surface area contributed by atoms with E-state index in [1.54, 1.807) is 17.9 Å². The largest absolute Gasteiger partial charge is 0.444 e. The Morgan fingerprint density at radius 2 is 1.74 bits per heavy atom. The Kier molecular flexibility index (Phi) is 6.06. The molecule has 1 saturated heterocycles. The first-order chi connectivity index (χ1) is 12.3. The summed E-state index contributed by atoms with van der Waals surface area (Å²) in [6.07, 6.45) is -0.344. The molecule has 7 nitrogen and oxygen atoms in total. The lowest BCUT2D eigenvalue weighted by Crippen LogP contribution is -2.49. The predicted molar refractivity (Wildman–Crippen MR) is 102 cm³/mol. The number of piperazine rings is 1. The van der Waals surface area contributed by atoms with Crippen LogP contribution >= 0.6 is 0 Å². The number of benzene rings is 1. The maximum atomic E-state index is 13.7. The van der Waals surface area contributed by atoms with Gasteiger partial charge in [0.15, 0.2) is 0 Å². The monoisotopic (exact) mass is 401 g/mol. The van der Waals surface area contributed by atoms with Crippen molar-refractivity contribution in [2.45, 2.75) is 51.7 Å². The molecular weight excluding hydrogens is 373 g/mol. The number of halogens is 1. The van der Waals surface area contributed by atoms with E-state index >= 15 is 0 Å². The molecule has 2 N–H and O–H groups in total. The van der Waals surface area contributed by atoms with Gasteiger partial charge in [-0.25, -0.2) is 4.79 Å². The van der Waals surface area contributed by atoms with Crippen molar-refractivity contribution in [3.05, 3.63) is 22.8 Å². The first-order valence-electron chi connectivity index (χ1n) is 8.83. The molecule has 1 aliphatic rings. The average molecular weight is 402 g/mol. The molecule has 1 heterocycles. The van der Waals surface area contributed by atoms with E-state index in [1.165, 1.54) is 6.92 Å². The quantitative estimate of drug-likeness (QED) is 0.618. The van der Waals surface area contributed by atoms with Crippen LogP contribution in [-0.4, -0.2) is 56.1 Å². The fraction of sp³-hybridized carbons (Fsp3) is 0.611. The second-order valence-electron chi connectivity index (χ2n) is 7.89. The summed E-state index contributed by atoms with van der Waals surface area (Å²) in [7, 11) is -4.86. The average Bonchev–Trinajstić information content (AvgIpc) is 2.50. The normalized spacial score (nSPS) is 16.4. The molecule has 2 rings (SSSR count). The summed E-state index contributed by atoms with van der Waals surface area (Å²) in [6, 6.07) is 1.69. The Hall–Kier alpha value is -1.87. The number of ether oxygens (including phenoxy) is 1. The smallest absolute Gasteiger partial charge is 0.410 e. The molecule has 9 heteroatoms. The van der Waals surface area contributed by atoms with Crippen molar-refractivity contribution in [3.63, 3.8) is 0 Å². The van der Waals surface area contributed by atoms with E-state index in [0.29, 0.717) is 43.9 Å². The Morgan fingerprint density at radius 1 is 1.19 bits per heavy atom. The third kappa shape index (κ3) is 5.32. The van der Waals surface area contributed by atoms with E-state index in [2.05, 4.69) is 4.90 Å². The van der Waals surface area contributed by atoms with Crippen LogP contribution in [0.5, 0.6) is 0 Å². The topological polar surface area (TPSA) is 92.9 Å². The Bertz CT molecular complexity index is 826. The number of nitrogens with two attached hydrogens (primary N) is 1. The van der Waals surface area contributed by atoms with Gasteiger partial charge in [-0.15, -0.1) is 3.89 Å². The van der Waals surface area contributed by atoms with Crippen molar-refractivity contribution in [1.29, 1.82) is 0 Å². The van der Waals surface area contributed by atoms with E-state index in [0.717, 1.165) is 0 Å². The zero-order valence-electron chi connectivity index (χ0n) is 16.5. The number of hydrogen-bond donors (Lipinski definition) is 1. The summed E-state index contributed by atoms with van der Waals surface area (Å²) in [5.41, 5.74) is 6.87. The summed E-state index contributed by atoms with van der Waals surface area (Å²) in [5, 5.41) is 0. The molecule has 1 aromatic rings. The standard InChI is InChI=1S/C18H28FN3O4S/c1-12-14(10-15(20)13(2)16(12)27(19,24)25)11-21-6-8-22(9-7-21)17(23)26-18(3,4)5/h10H,6-9,11,20H2,1-5H3. The third-order valence-corrected chi connectivity index (χ3v) is 5.69. The molecular formula is C18H28FN3O4S. The van der Waals surface area contributed by atoms with Crippen molar-refractivity contribution in [1.82, 2.24) is 9.80 Å². The zero-order valence-corrected chi connectivity index (χ0v) is 17.3. The number of nitrogens with zero attached hydrogens (tertiary/aromatic N) is 2. The summed E-state index contributed by atoms with van der Waals surface area (Å²) < 4.78 is 42.1. The molecule has 0 unspecified atom stereocenters. The minimum absolute atomic E-state index is 0.230. The van der Waals surface area contributed by atoms with Crippen LogP contribution < -0.4 is 5.73 Å². The lowest BCUT2D eigenvalue weighted by atomic mass is 10.0. The molecule has 0 atom stereocenters. The van der Waals surface area contributed by atoms with Gasteiger partial charge in [-0.05, 0) is 57.4 Å². The number of nitrogen functional groups attached to an aromatic ring is 1. The molecule has 1 fully saturated rings. The molecule has 1 aromatic carbocycles. The number of rotatable bonds is 3. The van der Waals surface area contributed by atoms with Crippen LogP contribution in [0.15, 0.2) is 11.0 Å². The van der Waals surface area contributed by atoms with Crippen LogP contribution in [0, 0.1) is 13.8 Å². The van der Waals surface area contributed by atoms with Crippen molar-refractivity contribution < 1.29 is 21.8 Å². The van der Waals surface area contributed by atoms with Gasteiger partial charge in [0.05, 0.1) is 0 Å². The van der Waals surface area contributed by atoms with E-state index < -0.39 is 15.8 Å². The Morgan fingerprint density at radius 3 is 2.22 bits per heavy atom. The van der Waals surface area contributed by atoms with Gasteiger partial charge in [-0.2, -0.15) is 8.42 Å². The van der Waals surface area contributed by atoms with Gasteiger partial charge in [-0.1, -0.05) is 0 Å². The third-order valence-electron chi connectivity index (χ3n) is 4.59. The highest BCUT2D eigenvalue weighted by Gasteiger charge is 2.27. The lowest BCUT2D eigenvalue weighted by Gasteiger charge is -2.36. The minimum atomic E-state index is -4.86. The summed E-state index contributed by atoms with van der Waals surface area (Å²) >= 11 is 0. The van der Waals surface area contributed by atoms with Crippen molar-refractivity contribution in [2.75, 3.05) is 31.9 Å². The second kappa shape index (κ2) is 7.63. The van der Waals surface area contributed by atoms with Crippen LogP contribution in [0.4, 0.5) is 14.4 Å². The predicted octanol–water partition coefficient (Wildman–Crippen LogP) is 2.60. The molecule has 0 saturated carbocycles. The van der Waals surface area contributed by atoms with Crippen molar-refractivity contribution in [2.24, 2.45) is 0 Å². The van der Waals surface area contributed by atoms with Crippen LogP contribution in [0.1, 0.15) is 37.5 Å². The second-order valence-corrected chi connectivity index (χ2v) is 9.17. The molecule has 152 valence electrons. The fourth-order valence-electron chi connectivity index (χ4n) is 3.15. The number of carbonyl (C=O) groups excluding carboxylic acids is 1. The summed E-state index contributed by atoms with van der Waals surface area (Å²) in [6.45, 7) is 11.2. The number of carbonyl (C=O) groups is 1. The number of amides is 1. The molecule has 1 aliphatic heterocycles. The summed E-state index contributed by atoms with van der Waals surface area (Å²) in [4.78, 5) is 15.5. The summed E-state index contributed by atoms with van der Waals surface area (Å²) in [5.74, 6) is 0. The molecule has 0 radical (unpaired) electrons. The van der Waals surface area contributed by atoms with E-state index in [9.17, 15) is 17.1 Å². The van der Waals surface area contributed by atoms with Gasteiger partial charge in [-0.3, -0.25) is 4.90 Å². The molecule has 0 aliphatic carbocycles. The van der Waals surface area contributed by atoms with Crippen molar-refractivity contribution in [3.8, 4) is 0 Å². The zero-order chi connectivity index (χ0) is 20.6. The van der Waals surface area contributed by atoms with E-state index in [1.807, 2.05) is 20.8 Å². The van der Waals surface area contributed by atoms with Gasteiger partial charge < -0.3 is 15.4 Å². The molecule has 0 bridgehead atoms. The van der Waals surface area contributed by atoms with Crippen molar-refractivity contribution >= 4 is 22.0 Å². The highest BCUT2D eigenvalue weighted by atomic mass is 32.3. The van der Waals surface area contributed by atoms with Crippen LogP contribution in [0.3, 0.4) is 0 Å². The van der Waals surface area contributed by atoms with Gasteiger partial charge in [0.25, 0.3) is 0 Å². The van der Waals surface area contributed by atoms with Gasteiger partial charge in [0, 0.05) is 38.4 Å². The Balaban J connectivity index is 2.10. The van der Waals surface area contributed by atoms with Crippen LogP contribution in [-0.2, 0) is 21.5 Å². The van der Waals surface area contributed by atoms with Crippen LogP contribution in [0.2, 0.25) is 0 Å². The highest BCUT2D eigenvalue weighted by molar-refractivity contribution is 7.86. The minimum Gasteiger partial charge on any atom is -0.444 e.